The van der Waals surface area contributed by atoms with Crippen LogP contribution in [-0.4, -0.2) is 87.5 Å². The molecule has 0 amide bonds. The first-order valence-electron chi connectivity index (χ1n) is 22.0. The van der Waals surface area contributed by atoms with Crippen molar-refractivity contribution in [1.29, 1.82) is 0 Å². The molecule has 3 saturated heterocycles. The van der Waals surface area contributed by atoms with Crippen molar-refractivity contribution >= 4 is 39.2 Å². The Morgan fingerprint density at radius 3 is 1.48 bits per heavy atom. The van der Waals surface area contributed by atoms with Gasteiger partial charge in [-0.3, -0.25) is 4.79 Å². The van der Waals surface area contributed by atoms with Crippen molar-refractivity contribution in [3.63, 3.8) is 0 Å². The minimum absolute atomic E-state index is 0. The monoisotopic (exact) mass is 865 g/mol. The van der Waals surface area contributed by atoms with E-state index < -0.39 is 0 Å². The SMILES string of the molecule is C.Cc1noc(-c2c(N3CCC(=O)CC3)nc3c(F)cc(C(C)C)cc3c2C)n1.Cc1noc(-c2c(N3CCC(NC4CCOCC4)CC3)nc3c(F)cc(C(C)C)cc3c2C)n1. The molecule has 0 atom stereocenters. The summed E-state index contributed by atoms with van der Waals surface area (Å²) in [6.07, 6.45) is 5.07. The zero-order chi connectivity index (χ0) is 43.8. The molecule has 0 saturated carbocycles. The number of hydrogen-bond acceptors (Lipinski definition) is 13. The molecular formula is C48H61F2N9O4. The van der Waals surface area contributed by atoms with Crippen molar-refractivity contribution in [2.75, 3.05) is 49.2 Å². The number of anilines is 2. The average molecular weight is 866 g/mol. The van der Waals surface area contributed by atoms with Gasteiger partial charge in [-0.15, -0.1) is 0 Å². The van der Waals surface area contributed by atoms with Crippen LogP contribution in [0.25, 0.3) is 44.7 Å². The molecule has 13 nitrogen and oxygen atoms in total. The zero-order valence-corrected chi connectivity index (χ0v) is 37.1. The molecule has 0 radical (unpaired) electrons. The van der Waals surface area contributed by atoms with Crippen LogP contribution in [0, 0.1) is 39.3 Å². The van der Waals surface area contributed by atoms with Crippen LogP contribution < -0.4 is 15.1 Å². The Hall–Kier alpha value is -5.41. The van der Waals surface area contributed by atoms with Crippen LogP contribution in [0.15, 0.2) is 33.3 Å². The van der Waals surface area contributed by atoms with Crippen molar-refractivity contribution in [2.24, 2.45) is 0 Å². The second kappa shape index (κ2) is 19.1. The number of rotatable bonds is 8. The quantitative estimate of drug-likeness (QED) is 0.155. The number of halogens is 2. The first kappa shape index (κ1) is 45.6. The van der Waals surface area contributed by atoms with E-state index in [9.17, 15) is 9.18 Å². The summed E-state index contributed by atoms with van der Waals surface area (Å²) in [6, 6.07) is 8.21. The van der Waals surface area contributed by atoms with Crippen LogP contribution in [0.5, 0.6) is 0 Å². The van der Waals surface area contributed by atoms with Crippen LogP contribution in [-0.2, 0) is 9.53 Å². The van der Waals surface area contributed by atoms with Crippen molar-refractivity contribution in [1.82, 2.24) is 35.6 Å². The van der Waals surface area contributed by atoms with E-state index in [1.807, 2.05) is 44.7 Å². The molecule has 0 aliphatic carbocycles. The maximum atomic E-state index is 15.2. The highest BCUT2D eigenvalue weighted by Crippen LogP contribution is 2.40. The van der Waals surface area contributed by atoms with Gasteiger partial charge in [0.25, 0.3) is 11.8 Å². The van der Waals surface area contributed by atoms with E-state index in [4.69, 9.17) is 18.8 Å². The van der Waals surface area contributed by atoms with Crippen molar-refractivity contribution in [3.8, 4) is 22.9 Å². The molecule has 2 aromatic carbocycles. The molecule has 3 fully saturated rings. The smallest absolute Gasteiger partial charge is 0.261 e. The molecule has 15 heteroatoms. The Kier molecular flexibility index (Phi) is 13.9. The zero-order valence-electron chi connectivity index (χ0n) is 37.1. The normalized spacial score (nSPS) is 16.6. The van der Waals surface area contributed by atoms with E-state index >= 15 is 4.39 Å². The summed E-state index contributed by atoms with van der Waals surface area (Å²) < 4.78 is 46.7. The van der Waals surface area contributed by atoms with E-state index in [2.05, 4.69) is 49.3 Å². The number of nitrogens with one attached hydrogen (secondary N) is 1. The van der Waals surface area contributed by atoms with Gasteiger partial charge in [-0.2, -0.15) is 9.97 Å². The van der Waals surface area contributed by atoms with Gasteiger partial charge < -0.3 is 28.9 Å². The van der Waals surface area contributed by atoms with Crippen LogP contribution in [0.2, 0.25) is 0 Å². The summed E-state index contributed by atoms with van der Waals surface area (Å²) in [5, 5.41) is 13.3. The van der Waals surface area contributed by atoms with E-state index in [0.717, 1.165) is 96.4 Å². The van der Waals surface area contributed by atoms with Gasteiger partial charge in [-0.05, 0) is 112 Å². The van der Waals surface area contributed by atoms with E-state index in [-0.39, 0.29) is 36.7 Å². The van der Waals surface area contributed by atoms with Gasteiger partial charge >= 0.3 is 0 Å². The highest BCUT2D eigenvalue weighted by molar-refractivity contribution is 5.95. The minimum Gasteiger partial charge on any atom is -0.381 e. The van der Waals surface area contributed by atoms with Crippen LogP contribution in [0.3, 0.4) is 0 Å². The average Bonchev–Trinajstić information content (AvgIpc) is 3.89. The standard InChI is InChI=1S/C26H34FN5O2.C21H23FN4O2.CH4/c1-15(2)18-13-21-16(3)23(26-28-17(4)31-34-26)25(30-24(21)22(27)14-18)32-9-5-19(6-10-32)29-20-7-11-33-12-8-20;1-11(2)14-9-16-12(3)18(21-23-13(4)25-28-21)20(24-19(16)17(22)10-14)26-7-5-15(27)6-8-26;/h13-15,19-20,29H,5-12H2,1-4H3;9-11H,5-8H2,1-4H3;1H4. The molecule has 7 heterocycles. The molecule has 1 N–H and O–H groups in total. The lowest BCUT2D eigenvalue weighted by atomic mass is 9.95. The van der Waals surface area contributed by atoms with Crippen LogP contribution in [0.4, 0.5) is 20.4 Å². The first-order valence-corrected chi connectivity index (χ1v) is 22.0. The highest BCUT2D eigenvalue weighted by atomic mass is 19.1. The Bertz CT molecular complexity index is 2580. The first-order chi connectivity index (χ1) is 29.7. The van der Waals surface area contributed by atoms with Crippen molar-refractivity contribution in [2.45, 2.75) is 125 Å². The fourth-order valence-corrected chi connectivity index (χ4v) is 8.82. The molecule has 0 spiro atoms. The Balaban J connectivity index is 0.000000189. The number of fused-ring (bicyclic) bond motifs is 2. The Morgan fingerprint density at radius 1 is 0.635 bits per heavy atom. The molecule has 0 bridgehead atoms. The molecule has 6 aromatic rings. The number of Topliss-reactive ketones (excluding diaryl/α,β-unsaturated/α-hetero) is 1. The predicted octanol–water partition coefficient (Wildman–Crippen LogP) is 9.87. The second-order valence-electron chi connectivity index (χ2n) is 17.6. The number of aromatic nitrogens is 6. The second-order valence-corrected chi connectivity index (χ2v) is 17.6. The predicted molar refractivity (Wildman–Crippen MR) is 243 cm³/mol. The molecular weight excluding hydrogens is 805 g/mol. The number of nitrogens with zero attached hydrogens (tertiary/aromatic N) is 8. The maximum Gasteiger partial charge on any atom is 0.261 e. The third-order valence-electron chi connectivity index (χ3n) is 12.5. The van der Waals surface area contributed by atoms with E-state index in [1.54, 1.807) is 26.0 Å². The third-order valence-corrected chi connectivity index (χ3v) is 12.5. The number of aryl methyl sites for hydroxylation is 4. The topological polar surface area (TPSA) is 148 Å². The molecule has 0 unspecified atom stereocenters. The number of benzene rings is 2. The summed E-state index contributed by atoms with van der Waals surface area (Å²) in [7, 11) is 0. The van der Waals surface area contributed by atoms with Crippen molar-refractivity contribution in [3.05, 3.63) is 69.8 Å². The highest BCUT2D eigenvalue weighted by Gasteiger charge is 2.30. The molecule has 3 aliphatic rings. The molecule has 3 aliphatic heterocycles. The lowest BCUT2D eigenvalue weighted by Gasteiger charge is -2.37. The van der Waals surface area contributed by atoms with Gasteiger partial charge in [0.1, 0.15) is 40.1 Å². The number of carbonyl (C=O) groups excluding carboxylic acids is 1. The largest absolute Gasteiger partial charge is 0.381 e. The Labute approximate surface area is 368 Å². The van der Waals surface area contributed by atoms with Gasteiger partial charge in [0.15, 0.2) is 11.6 Å². The molecule has 336 valence electrons. The fraction of sp³-hybridized carbons (Fsp3) is 0.521. The van der Waals surface area contributed by atoms with Crippen LogP contribution in [0.1, 0.15) is 119 Å². The van der Waals surface area contributed by atoms with Gasteiger partial charge in [0, 0.05) is 75.1 Å². The fourth-order valence-electron chi connectivity index (χ4n) is 8.82. The van der Waals surface area contributed by atoms with Gasteiger partial charge in [0.05, 0.1) is 11.1 Å². The molecule has 63 heavy (non-hydrogen) atoms. The summed E-state index contributed by atoms with van der Waals surface area (Å²) in [4.78, 5) is 34.4. The molecule has 9 rings (SSSR count). The summed E-state index contributed by atoms with van der Waals surface area (Å²) in [6.45, 7) is 20.1. The third kappa shape index (κ3) is 9.59. The van der Waals surface area contributed by atoms with Gasteiger partial charge in [-0.25, -0.2) is 18.7 Å². The lowest BCUT2D eigenvalue weighted by molar-refractivity contribution is -0.119. The molecule has 4 aromatic heterocycles. The maximum absolute atomic E-state index is 15.2. The summed E-state index contributed by atoms with van der Waals surface area (Å²) in [5.41, 5.74) is 5.89. The number of carbonyl (C=O) groups is 1. The number of piperidine rings is 2. The van der Waals surface area contributed by atoms with Gasteiger partial charge in [0.2, 0.25) is 0 Å². The minimum atomic E-state index is -0.341. The summed E-state index contributed by atoms with van der Waals surface area (Å²) in [5.74, 6) is 3.25. The number of pyridine rings is 2. The van der Waals surface area contributed by atoms with Crippen LogP contribution >= 0.6 is 0 Å². The number of ether oxygens (including phenoxy) is 1. The summed E-state index contributed by atoms with van der Waals surface area (Å²) >= 11 is 0. The number of ketones is 1. The lowest BCUT2D eigenvalue weighted by Crippen LogP contribution is -2.48. The van der Waals surface area contributed by atoms with E-state index in [1.165, 1.54) is 0 Å². The van der Waals surface area contributed by atoms with Crippen molar-refractivity contribution < 1.29 is 27.4 Å². The number of hydrogen-bond donors (Lipinski definition) is 1. The van der Waals surface area contributed by atoms with Gasteiger partial charge in [-0.1, -0.05) is 45.4 Å². The van der Waals surface area contributed by atoms with E-state index in [0.29, 0.717) is 83.9 Å². The Morgan fingerprint density at radius 2 is 1.06 bits per heavy atom.